The molecule has 1 fully saturated rings. The fourth-order valence-corrected chi connectivity index (χ4v) is 1.51. The molecule has 1 N–H and O–H groups in total. The maximum Gasteiger partial charge on any atom is 0.222 e. The van der Waals surface area contributed by atoms with Gasteiger partial charge in [0.15, 0.2) is 0 Å². The molecule has 0 aromatic heterocycles. The second-order valence-corrected chi connectivity index (χ2v) is 3.94. The minimum Gasteiger partial charge on any atom is -0.344 e. The molecule has 0 aromatic carbocycles. The van der Waals surface area contributed by atoms with Gasteiger partial charge in [0.2, 0.25) is 5.91 Å². The number of carbonyl (C=O) groups is 1. The first-order valence-electron chi connectivity index (χ1n) is 4.40. The normalized spacial score (nSPS) is 23.4. The molecule has 1 saturated heterocycles. The Morgan fingerprint density at radius 2 is 2.54 bits per heavy atom. The van der Waals surface area contributed by atoms with Crippen LogP contribution in [-0.4, -0.2) is 37.0 Å². The number of carbonyl (C=O) groups excluding carboxylic acids is 1. The minimum atomic E-state index is 0.225. The van der Waals surface area contributed by atoms with Gasteiger partial charge in [-0.25, -0.2) is 0 Å². The number of nitrogens with zero attached hydrogens (tertiary/aromatic N) is 1. The van der Waals surface area contributed by atoms with Gasteiger partial charge in [-0.15, -0.1) is 0 Å². The molecular formula is C9H15ClN2O. The summed E-state index contributed by atoms with van der Waals surface area (Å²) < 4.78 is 0. The lowest BCUT2D eigenvalue weighted by Gasteiger charge is -2.30. The van der Waals surface area contributed by atoms with Crippen molar-refractivity contribution in [2.24, 2.45) is 0 Å². The SMILES string of the molecule is C=C(Cl)CNC1CCC(=O)N(C)C1. The van der Waals surface area contributed by atoms with Gasteiger partial charge in [-0.1, -0.05) is 18.2 Å². The van der Waals surface area contributed by atoms with Crippen molar-refractivity contribution in [3.8, 4) is 0 Å². The Labute approximate surface area is 83.7 Å². The number of halogens is 1. The molecule has 0 saturated carbocycles. The van der Waals surface area contributed by atoms with Crippen molar-refractivity contribution in [1.82, 2.24) is 10.2 Å². The van der Waals surface area contributed by atoms with Crippen LogP contribution < -0.4 is 5.32 Å². The molecule has 3 nitrogen and oxygen atoms in total. The lowest BCUT2D eigenvalue weighted by molar-refractivity contribution is -0.132. The fraction of sp³-hybridized carbons (Fsp3) is 0.667. The van der Waals surface area contributed by atoms with E-state index in [9.17, 15) is 4.79 Å². The fourth-order valence-electron chi connectivity index (χ4n) is 1.43. The van der Waals surface area contributed by atoms with Crippen molar-refractivity contribution in [3.63, 3.8) is 0 Å². The minimum absolute atomic E-state index is 0.225. The van der Waals surface area contributed by atoms with Gasteiger partial charge in [-0.05, 0) is 6.42 Å². The van der Waals surface area contributed by atoms with Crippen LogP contribution in [0.1, 0.15) is 12.8 Å². The number of piperidine rings is 1. The van der Waals surface area contributed by atoms with E-state index in [0.717, 1.165) is 13.0 Å². The highest BCUT2D eigenvalue weighted by molar-refractivity contribution is 6.29. The highest BCUT2D eigenvalue weighted by Gasteiger charge is 2.21. The Morgan fingerprint density at radius 1 is 1.85 bits per heavy atom. The van der Waals surface area contributed by atoms with E-state index in [1.165, 1.54) is 0 Å². The maximum atomic E-state index is 11.1. The van der Waals surface area contributed by atoms with Crippen molar-refractivity contribution in [3.05, 3.63) is 11.6 Å². The Balaban J connectivity index is 2.29. The number of nitrogens with one attached hydrogen (secondary N) is 1. The van der Waals surface area contributed by atoms with Gasteiger partial charge >= 0.3 is 0 Å². The van der Waals surface area contributed by atoms with Crippen molar-refractivity contribution in [1.29, 1.82) is 0 Å². The van der Waals surface area contributed by atoms with E-state index in [4.69, 9.17) is 11.6 Å². The van der Waals surface area contributed by atoms with Gasteiger partial charge in [0.1, 0.15) is 0 Å². The van der Waals surface area contributed by atoms with Crippen molar-refractivity contribution >= 4 is 17.5 Å². The van der Waals surface area contributed by atoms with Crippen LogP contribution in [0.2, 0.25) is 0 Å². The van der Waals surface area contributed by atoms with E-state index < -0.39 is 0 Å². The molecule has 1 aliphatic rings. The first-order chi connectivity index (χ1) is 6.09. The largest absolute Gasteiger partial charge is 0.344 e. The standard InChI is InChI=1S/C9H15ClN2O/c1-7(10)5-11-8-3-4-9(13)12(2)6-8/h8,11H,1,3-6H2,2H3. The van der Waals surface area contributed by atoms with Crippen LogP contribution in [0.5, 0.6) is 0 Å². The molecular weight excluding hydrogens is 188 g/mol. The summed E-state index contributed by atoms with van der Waals surface area (Å²) in [7, 11) is 1.83. The van der Waals surface area contributed by atoms with Gasteiger partial charge < -0.3 is 10.2 Å². The number of likely N-dealkylation sites (tertiary alicyclic amines) is 1. The molecule has 0 aliphatic carbocycles. The number of hydrogen-bond acceptors (Lipinski definition) is 2. The zero-order chi connectivity index (χ0) is 9.84. The molecule has 0 radical (unpaired) electrons. The van der Waals surface area contributed by atoms with Crippen LogP contribution >= 0.6 is 11.6 Å². The van der Waals surface area contributed by atoms with E-state index >= 15 is 0 Å². The van der Waals surface area contributed by atoms with Gasteiger partial charge in [-0.3, -0.25) is 4.79 Å². The van der Waals surface area contributed by atoms with E-state index in [2.05, 4.69) is 11.9 Å². The monoisotopic (exact) mass is 202 g/mol. The summed E-state index contributed by atoms with van der Waals surface area (Å²) in [6.45, 7) is 4.98. The summed E-state index contributed by atoms with van der Waals surface area (Å²) in [6.07, 6.45) is 1.52. The third kappa shape index (κ3) is 3.36. The molecule has 13 heavy (non-hydrogen) atoms. The molecule has 74 valence electrons. The molecule has 0 bridgehead atoms. The zero-order valence-corrected chi connectivity index (χ0v) is 8.60. The Morgan fingerprint density at radius 3 is 3.08 bits per heavy atom. The predicted molar refractivity (Wildman–Crippen MR) is 53.7 cm³/mol. The van der Waals surface area contributed by atoms with Gasteiger partial charge in [0.25, 0.3) is 0 Å². The average Bonchev–Trinajstić information content (AvgIpc) is 2.07. The lowest BCUT2D eigenvalue weighted by atomic mass is 10.1. The number of likely N-dealkylation sites (N-methyl/N-ethyl adjacent to an activating group) is 1. The van der Waals surface area contributed by atoms with E-state index in [1.54, 1.807) is 4.90 Å². The van der Waals surface area contributed by atoms with Crippen molar-refractivity contribution in [2.75, 3.05) is 20.1 Å². The molecule has 4 heteroatoms. The molecule has 0 spiro atoms. The number of hydrogen-bond donors (Lipinski definition) is 1. The van der Waals surface area contributed by atoms with Crippen LogP contribution in [0.4, 0.5) is 0 Å². The summed E-state index contributed by atoms with van der Waals surface area (Å²) in [5.41, 5.74) is 0. The smallest absolute Gasteiger partial charge is 0.222 e. The quantitative estimate of drug-likeness (QED) is 0.739. The molecule has 1 rings (SSSR count). The van der Waals surface area contributed by atoms with Gasteiger partial charge in [0, 0.05) is 37.6 Å². The van der Waals surface area contributed by atoms with Gasteiger partial charge in [-0.2, -0.15) is 0 Å². The average molecular weight is 203 g/mol. The summed E-state index contributed by atoms with van der Waals surface area (Å²) in [5.74, 6) is 0.225. The molecule has 1 unspecified atom stereocenters. The van der Waals surface area contributed by atoms with Crippen molar-refractivity contribution < 1.29 is 4.79 Å². The molecule has 1 heterocycles. The van der Waals surface area contributed by atoms with Crippen molar-refractivity contribution in [2.45, 2.75) is 18.9 Å². The summed E-state index contributed by atoms with van der Waals surface area (Å²) >= 11 is 5.62. The van der Waals surface area contributed by atoms with Crippen LogP contribution in [-0.2, 0) is 4.79 Å². The van der Waals surface area contributed by atoms with Crippen LogP contribution in [0.25, 0.3) is 0 Å². The Kier molecular flexibility index (Phi) is 3.75. The molecule has 1 atom stereocenters. The van der Waals surface area contributed by atoms with Crippen LogP contribution in [0.3, 0.4) is 0 Å². The highest BCUT2D eigenvalue weighted by atomic mass is 35.5. The predicted octanol–water partition coefficient (Wildman–Crippen LogP) is 0.949. The third-order valence-electron chi connectivity index (χ3n) is 2.21. The Hall–Kier alpha value is -0.540. The van der Waals surface area contributed by atoms with E-state index in [0.29, 0.717) is 24.0 Å². The molecule has 1 aliphatic heterocycles. The van der Waals surface area contributed by atoms with Crippen LogP contribution in [0, 0.1) is 0 Å². The van der Waals surface area contributed by atoms with E-state index in [1.807, 2.05) is 7.05 Å². The second-order valence-electron chi connectivity index (χ2n) is 3.41. The Bertz CT molecular complexity index is 218. The van der Waals surface area contributed by atoms with E-state index in [-0.39, 0.29) is 5.91 Å². The van der Waals surface area contributed by atoms with Crippen LogP contribution in [0.15, 0.2) is 11.6 Å². The summed E-state index contributed by atoms with van der Waals surface area (Å²) in [5, 5.41) is 3.86. The summed E-state index contributed by atoms with van der Waals surface area (Å²) in [6, 6.07) is 0.359. The molecule has 1 amide bonds. The van der Waals surface area contributed by atoms with Gasteiger partial charge in [0.05, 0.1) is 0 Å². The first kappa shape index (κ1) is 10.5. The zero-order valence-electron chi connectivity index (χ0n) is 7.85. The molecule has 0 aromatic rings. The number of rotatable bonds is 3. The summed E-state index contributed by atoms with van der Waals surface area (Å²) in [4.78, 5) is 12.9. The maximum absolute atomic E-state index is 11.1. The second kappa shape index (κ2) is 4.63. The highest BCUT2D eigenvalue weighted by Crippen LogP contribution is 2.09. The lowest BCUT2D eigenvalue weighted by Crippen LogP contribution is -2.46. The number of amides is 1. The first-order valence-corrected chi connectivity index (χ1v) is 4.78. The third-order valence-corrected chi connectivity index (χ3v) is 2.34. The topological polar surface area (TPSA) is 32.3 Å².